The smallest absolute Gasteiger partial charge is 0.134 e. The predicted molar refractivity (Wildman–Crippen MR) is 84.7 cm³/mol. The summed E-state index contributed by atoms with van der Waals surface area (Å²) >= 11 is 0. The van der Waals surface area contributed by atoms with Gasteiger partial charge < -0.3 is 16.8 Å². The minimum Gasteiger partial charge on any atom is -0.397 e. The quantitative estimate of drug-likeness (QED) is 0.798. The largest absolute Gasteiger partial charge is 0.397 e. The molecule has 0 bridgehead atoms. The van der Waals surface area contributed by atoms with Crippen molar-refractivity contribution in [3.63, 3.8) is 0 Å². The molecule has 2 heterocycles. The van der Waals surface area contributed by atoms with E-state index in [1.165, 1.54) is 0 Å². The van der Waals surface area contributed by atoms with Gasteiger partial charge in [-0.1, -0.05) is 13.8 Å². The van der Waals surface area contributed by atoms with Crippen molar-refractivity contribution < 1.29 is 0 Å². The first-order valence-electron chi connectivity index (χ1n) is 6.64. The first-order valence-corrected chi connectivity index (χ1v) is 6.64. The van der Waals surface area contributed by atoms with Crippen molar-refractivity contribution in [2.75, 3.05) is 23.8 Å². The van der Waals surface area contributed by atoms with Crippen molar-refractivity contribution in [2.24, 2.45) is 0 Å². The molecule has 0 radical (unpaired) electrons. The van der Waals surface area contributed by atoms with Crippen molar-refractivity contribution in [1.29, 1.82) is 0 Å². The Hall–Kier alpha value is -2.30. The van der Waals surface area contributed by atoms with E-state index >= 15 is 0 Å². The van der Waals surface area contributed by atoms with Gasteiger partial charge in [-0.15, -0.1) is 0 Å². The Morgan fingerprint density at radius 3 is 2.45 bits per heavy atom. The molecule has 0 saturated heterocycles. The first kappa shape index (κ1) is 14.1. The topological polar surface area (TPSA) is 89.8 Å². The Bertz CT molecular complexity index is 634. The molecule has 2 aromatic heterocycles. The summed E-state index contributed by atoms with van der Waals surface area (Å²) in [7, 11) is 1.83. The zero-order valence-electron chi connectivity index (χ0n) is 12.4. The number of hydrogen-bond acceptors (Lipinski definition) is 5. The number of rotatable bonds is 3. The van der Waals surface area contributed by atoms with Crippen LogP contribution in [0.3, 0.4) is 0 Å². The lowest BCUT2D eigenvalue weighted by Crippen LogP contribution is -2.04. The summed E-state index contributed by atoms with van der Waals surface area (Å²) in [5, 5.41) is 3.09. The maximum Gasteiger partial charge on any atom is 0.134 e. The zero-order valence-corrected chi connectivity index (χ0v) is 12.4. The van der Waals surface area contributed by atoms with Crippen molar-refractivity contribution in [3.8, 4) is 11.1 Å². The molecule has 0 aromatic carbocycles. The molecule has 5 nitrogen and oxygen atoms in total. The number of anilines is 3. The van der Waals surface area contributed by atoms with E-state index in [2.05, 4.69) is 35.2 Å². The summed E-state index contributed by atoms with van der Waals surface area (Å²) in [6.45, 7) is 6.13. The average Bonchev–Trinajstić information content (AvgIpc) is 2.41. The molecule has 0 amide bonds. The van der Waals surface area contributed by atoms with E-state index in [9.17, 15) is 0 Å². The highest BCUT2D eigenvalue weighted by Crippen LogP contribution is 2.34. The van der Waals surface area contributed by atoms with Crippen molar-refractivity contribution >= 4 is 17.3 Å². The van der Waals surface area contributed by atoms with Gasteiger partial charge in [-0.25, -0.2) is 9.97 Å². The third-order valence-corrected chi connectivity index (χ3v) is 3.39. The Morgan fingerprint density at radius 2 is 1.85 bits per heavy atom. The second-order valence-electron chi connectivity index (χ2n) is 5.17. The lowest BCUT2D eigenvalue weighted by molar-refractivity contribution is 0.859. The van der Waals surface area contributed by atoms with Gasteiger partial charge in [0.25, 0.3) is 0 Å². The molecule has 0 unspecified atom stereocenters. The SMILES string of the molecule is CNc1nc(C)c(N)cc1-c1cc(C(C)C)cnc1N. The monoisotopic (exact) mass is 271 g/mol. The number of nitrogen functional groups attached to an aromatic ring is 2. The summed E-state index contributed by atoms with van der Waals surface area (Å²) in [5.74, 6) is 1.62. The number of nitrogens with zero attached hydrogens (tertiary/aromatic N) is 2. The van der Waals surface area contributed by atoms with Gasteiger partial charge in [-0.2, -0.15) is 0 Å². The fourth-order valence-electron chi connectivity index (χ4n) is 2.04. The van der Waals surface area contributed by atoms with Crippen LogP contribution in [0.15, 0.2) is 18.3 Å². The van der Waals surface area contributed by atoms with E-state index in [-0.39, 0.29) is 0 Å². The van der Waals surface area contributed by atoms with Crippen molar-refractivity contribution in [1.82, 2.24) is 9.97 Å². The minimum absolute atomic E-state index is 0.385. The van der Waals surface area contributed by atoms with Crippen LogP contribution in [-0.4, -0.2) is 17.0 Å². The Kier molecular flexibility index (Phi) is 3.79. The van der Waals surface area contributed by atoms with Crippen LogP contribution < -0.4 is 16.8 Å². The van der Waals surface area contributed by atoms with Crippen LogP contribution in [0.25, 0.3) is 11.1 Å². The summed E-state index contributed by atoms with van der Waals surface area (Å²) in [4.78, 5) is 8.75. The molecule has 5 N–H and O–H groups in total. The van der Waals surface area contributed by atoms with E-state index in [1.807, 2.05) is 26.2 Å². The third-order valence-electron chi connectivity index (χ3n) is 3.39. The third kappa shape index (κ3) is 2.52. The van der Waals surface area contributed by atoms with Gasteiger partial charge in [-0.3, -0.25) is 0 Å². The molecule has 5 heteroatoms. The van der Waals surface area contributed by atoms with Crippen LogP contribution >= 0.6 is 0 Å². The second-order valence-corrected chi connectivity index (χ2v) is 5.17. The molecule has 106 valence electrons. The van der Waals surface area contributed by atoms with Gasteiger partial charge >= 0.3 is 0 Å². The number of aryl methyl sites for hydroxylation is 1. The highest BCUT2D eigenvalue weighted by Gasteiger charge is 2.14. The van der Waals surface area contributed by atoms with E-state index in [0.29, 0.717) is 17.4 Å². The highest BCUT2D eigenvalue weighted by atomic mass is 15.0. The van der Waals surface area contributed by atoms with Gasteiger partial charge in [0.2, 0.25) is 0 Å². The maximum absolute atomic E-state index is 6.03. The first-order chi connectivity index (χ1) is 9.43. The zero-order chi connectivity index (χ0) is 14.9. The van der Waals surface area contributed by atoms with Crippen LogP contribution in [0.2, 0.25) is 0 Å². The lowest BCUT2D eigenvalue weighted by Gasteiger charge is -2.14. The summed E-state index contributed by atoms with van der Waals surface area (Å²) in [6.07, 6.45) is 1.81. The predicted octanol–water partition coefficient (Wildman–Crippen LogP) is 2.78. The number of hydrogen-bond donors (Lipinski definition) is 3. The average molecular weight is 271 g/mol. The van der Waals surface area contributed by atoms with Gasteiger partial charge in [0.1, 0.15) is 11.6 Å². The Labute approximate surface area is 119 Å². The van der Waals surface area contributed by atoms with Crippen molar-refractivity contribution in [3.05, 3.63) is 29.6 Å². The van der Waals surface area contributed by atoms with Crippen LogP contribution in [0.4, 0.5) is 17.3 Å². The number of nitrogens with one attached hydrogen (secondary N) is 1. The normalized spacial score (nSPS) is 10.8. The number of nitrogens with two attached hydrogens (primary N) is 2. The molecule has 0 aliphatic rings. The van der Waals surface area contributed by atoms with Crippen molar-refractivity contribution in [2.45, 2.75) is 26.7 Å². The molecule has 0 aliphatic heterocycles. The van der Waals surface area contributed by atoms with Gasteiger partial charge in [0.15, 0.2) is 0 Å². The number of pyridine rings is 2. The van der Waals surface area contributed by atoms with E-state index in [0.717, 1.165) is 28.2 Å². The standard InChI is InChI=1S/C15H21N5/c1-8(2)10-5-11(14(17)19-7-10)12-6-13(16)9(3)20-15(12)18-4/h5-8H,16H2,1-4H3,(H2,17,19)(H,18,20). The highest BCUT2D eigenvalue weighted by molar-refractivity contribution is 5.84. The summed E-state index contributed by atoms with van der Waals surface area (Å²) in [5.41, 5.74) is 16.3. The lowest BCUT2D eigenvalue weighted by atomic mass is 9.99. The molecule has 0 spiro atoms. The summed E-state index contributed by atoms with van der Waals surface area (Å²) in [6, 6.07) is 3.95. The van der Waals surface area contributed by atoms with Crippen LogP contribution in [0.5, 0.6) is 0 Å². The molecule has 2 aromatic rings. The van der Waals surface area contributed by atoms with Crippen LogP contribution in [-0.2, 0) is 0 Å². The molecule has 0 aliphatic carbocycles. The molecule has 2 rings (SSSR count). The molecule has 0 fully saturated rings. The Morgan fingerprint density at radius 1 is 1.15 bits per heavy atom. The van der Waals surface area contributed by atoms with E-state index in [4.69, 9.17) is 11.5 Å². The Balaban J connectivity index is 2.67. The maximum atomic E-state index is 6.03. The minimum atomic E-state index is 0.385. The molecular formula is C15H21N5. The van der Waals surface area contributed by atoms with Crippen LogP contribution in [0, 0.1) is 6.92 Å². The fourth-order valence-corrected chi connectivity index (χ4v) is 2.04. The van der Waals surface area contributed by atoms with Gasteiger partial charge in [-0.05, 0) is 30.5 Å². The molecule has 0 saturated carbocycles. The van der Waals surface area contributed by atoms with Gasteiger partial charge in [0, 0.05) is 24.4 Å². The molecular weight excluding hydrogens is 250 g/mol. The molecule has 20 heavy (non-hydrogen) atoms. The van der Waals surface area contributed by atoms with Gasteiger partial charge in [0.05, 0.1) is 11.4 Å². The number of aromatic nitrogens is 2. The molecule has 0 atom stereocenters. The second kappa shape index (κ2) is 5.36. The van der Waals surface area contributed by atoms with Crippen LogP contribution in [0.1, 0.15) is 31.0 Å². The fraction of sp³-hybridized carbons (Fsp3) is 0.333. The summed E-state index contributed by atoms with van der Waals surface area (Å²) < 4.78 is 0. The van der Waals surface area contributed by atoms with E-state index in [1.54, 1.807) is 0 Å². The van der Waals surface area contributed by atoms with E-state index < -0.39 is 0 Å².